The molecule has 0 aromatic heterocycles. The third-order valence-corrected chi connectivity index (χ3v) is 4.22. The number of benzene rings is 1. The molecular weight excluding hydrogens is 290 g/mol. The normalized spacial score (nSPS) is 22.0. The Morgan fingerprint density at radius 2 is 2.05 bits per heavy atom. The number of nitrogens with one attached hydrogen (secondary N) is 2. The number of nitrogens with two attached hydrogens (primary N) is 1. The molecule has 2 rings (SSSR count). The number of anilines is 2. The summed E-state index contributed by atoms with van der Waals surface area (Å²) in [6.45, 7) is 1.79. The average molecular weight is 311 g/mol. The molecule has 1 aliphatic rings. The molecule has 2 unspecified atom stereocenters. The Morgan fingerprint density at radius 3 is 2.57 bits per heavy atom. The summed E-state index contributed by atoms with van der Waals surface area (Å²) >= 11 is 0. The lowest BCUT2D eigenvalue weighted by Crippen LogP contribution is -2.23. The first-order valence-corrected chi connectivity index (χ1v) is 8.78. The molecule has 0 bridgehead atoms. The van der Waals surface area contributed by atoms with E-state index < -0.39 is 10.0 Å². The molecule has 21 heavy (non-hydrogen) atoms. The molecule has 2 atom stereocenters. The van der Waals surface area contributed by atoms with Crippen LogP contribution in [0.3, 0.4) is 0 Å². The standard InChI is InChI=1S/C14H21N3O3S/c1-9-7-12(5-6-13(9)17-21(2,19)20)16-14(18)10-3-4-11(15)8-10/h5-7,10-11,17H,3-4,8,15H2,1-2H3,(H,16,18). The maximum absolute atomic E-state index is 12.1. The van der Waals surface area contributed by atoms with Crippen LogP contribution in [0.4, 0.5) is 11.4 Å². The fourth-order valence-electron chi connectivity index (χ4n) is 2.55. The lowest BCUT2D eigenvalue weighted by atomic mass is 10.1. The second-order valence-corrected chi connectivity index (χ2v) is 7.41. The second-order valence-electron chi connectivity index (χ2n) is 5.66. The number of carbonyl (C=O) groups is 1. The first kappa shape index (κ1) is 15.8. The van der Waals surface area contributed by atoms with Crippen LogP contribution in [0.15, 0.2) is 18.2 Å². The van der Waals surface area contributed by atoms with Gasteiger partial charge in [-0.1, -0.05) is 0 Å². The average Bonchev–Trinajstić information content (AvgIpc) is 2.78. The fourth-order valence-corrected chi connectivity index (χ4v) is 3.18. The number of sulfonamides is 1. The Bertz CT molecular complexity index is 643. The molecule has 4 N–H and O–H groups in total. The Kier molecular flexibility index (Phi) is 4.53. The van der Waals surface area contributed by atoms with Crippen LogP contribution in [0.5, 0.6) is 0 Å². The lowest BCUT2D eigenvalue weighted by molar-refractivity contribution is -0.119. The van der Waals surface area contributed by atoms with Crippen LogP contribution < -0.4 is 15.8 Å². The maximum Gasteiger partial charge on any atom is 0.229 e. The van der Waals surface area contributed by atoms with Crippen LogP contribution in [-0.2, 0) is 14.8 Å². The van der Waals surface area contributed by atoms with E-state index in [0.29, 0.717) is 11.4 Å². The SMILES string of the molecule is Cc1cc(NC(=O)C2CCC(N)C2)ccc1NS(C)(=O)=O. The zero-order chi connectivity index (χ0) is 15.6. The number of aryl methyl sites for hydroxylation is 1. The Balaban J connectivity index is 2.05. The summed E-state index contributed by atoms with van der Waals surface area (Å²) in [7, 11) is -3.31. The van der Waals surface area contributed by atoms with Gasteiger partial charge in [-0.25, -0.2) is 8.42 Å². The zero-order valence-electron chi connectivity index (χ0n) is 12.2. The van der Waals surface area contributed by atoms with Crippen molar-refractivity contribution in [3.05, 3.63) is 23.8 Å². The quantitative estimate of drug-likeness (QED) is 0.783. The molecule has 1 aromatic rings. The Morgan fingerprint density at radius 1 is 1.33 bits per heavy atom. The van der Waals surface area contributed by atoms with Gasteiger partial charge in [0.05, 0.1) is 11.9 Å². The third kappa shape index (κ3) is 4.44. The number of rotatable bonds is 4. The van der Waals surface area contributed by atoms with Crippen molar-refractivity contribution in [3.63, 3.8) is 0 Å². The van der Waals surface area contributed by atoms with Gasteiger partial charge in [-0.05, 0) is 49.9 Å². The molecule has 0 spiro atoms. The summed E-state index contributed by atoms with van der Waals surface area (Å²) < 4.78 is 24.9. The molecule has 6 nitrogen and oxygen atoms in total. The second kappa shape index (κ2) is 6.03. The van der Waals surface area contributed by atoms with E-state index in [2.05, 4.69) is 10.0 Å². The summed E-state index contributed by atoms with van der Waals surface area (Å²) in [4.78, 5) is 12.1. The molecule has 1 saturated carbocycles. The largest absolute Gasteiger partial charge is 0.328 e. The molecule has 0 heterocycles. The van der Waals surface area contributed by atoms with E-state index in [9.17, 15) is 13.2 Å². The van der Waals surface area contributed by atoms with Gasteiger partial charge < -0.3 is 11.1 Å². The summed E-state index contributed by atoms with van der Waals surface area (Å²) in [5.41, 5.74) is 7.74. The van der Waals surface area contributed by atoms with E-state index in [4.69, 9.17) is 5.73 Å². The Hall–Kier alpha value is -1.60. The number of hydrogen-bond acceptors (Lipinski definition) is 4. The van der Waals surface area contributed by atoms with Crippen molar-refractivity contribution in [1.82, 2.24) is 0 Å². The molecule has 1 fully saturated rings. The van der Waals surface area contributed by atoms with Crippen molar-refractivity contribution >= 4 is 27.3 Å². The first-order chi connectivity index (χ1) is 9.74. The van der Waals surface area contributed by atoms with E-state index in [-0.39, 0.29) is 17.9 Å². The monoisotopic (exact) mass is 311 g/mol. The van der Waals surface area contributed by atoms with Crippen molar-refractivity contribution in [2.75, 3.05) is 16.3 Å². The van der Waals surface area contributed by atoms with E-state index >= 15 is 0 Å². The highest BCUT2D eigenvalue weighted by atomic mass is 32.2. The van der Waals surface area contributed by atoms with Crippen LogP contribution in [0.1, 0.15) is 24.8 Å². The van der Waals surface area contributed by atoms with Crippen LogP contribution in [0.2, 0.25) is 0 Å². The molecule has 0 radical (unpaired) electrons. The minimum atomic E-state index is -3.31. The molecule has 1 aliphatic carbocycles. The first-order valence-electron chi connectivity index (χ1n) is 6.89. The predicted molar refractivity (Wildman–Crippen MR) is 83.6 cm³/mol. The van der Waals surface area contributed by atoms with Gasteiger partial charge in [0, 0.05) is 17.6 Å². The van der Waals surface area contributed by atoms with Crippen molar-refractivity contribution in [2.45, 2.75) is 32.2 Å². The minimum Gasteiger partial charge on any atom is -0.328 e. The van der Waals surface area contributed by atoms with E-state index in [1.165, 1.54) is 0 Å². The van der Waals surface area contributed by atoms with Crippen molar-refractivity contribution < 1.29 is 13.2 Å². The smallest absolute Gasteiger partial charge is 0.229 e. The molecule has 1 aromatic carbocycles. The number of carbonyl (C=O) groups excluding carboxylic acids is 1. The van der Waals surface area contributed by atoms with Crippen LogP contribution >= 0.6 is 0 Å². The van der Waals surface area contributed by atoms with E-state index in [1.807, 2.05) is 0 Å². The number of amides is 1. The summed E-state index contributed by atoms with van der Waals surface area (Å²) in [5, 5.41) is 2.86. The molecule has 0 saturated heterocycles. The van der Waals surface area contributed by atoms with Gasteiger partial charge in [0.15, 0.2) is 0 Å². The van der Waals surface area contributed by atoms with Gasteiger partial charge in [0.25, 0.3) is 0 Å². The van der Waals surface area contributed by atoms with Gasteiger partial charge in [-0.3, -0.25) is 9.52 Å². The van der Waals surface area contributed by atoms with E-state index in [1.54, 1.807) is 25.1 Å². The fraction of sp³-hybridized carbons (Fsp3) is 0.500. The Labute approximate surface area is 125 Å². The zero-order valence-corrected chi connectivity index (χ0v) is 13.0. The highest BCUT2D eigenvalue weighted by Crippen LogP contribution is 2.26. The van der Waals surface area contributed by atoms with Crippen LogP contribution in [0.25, 0.3) is 0 Å². The summed E-state index contributed by atoms with van der Waals surface area (Å²) in [6, 6.07) is 5.20. The van der Waals surface area contributed by atoms with Gasteiger partial charge >= 0.3 is 0 Å². The van der Waals surface area contributed by atoms with Gasteiger partial charge in [0.1, 0.15) is 0 Å². The van der Waals surface area contributed by atoms with Gasteiger partial charge in [0.2, 0.25) is 15.9 Å². The summed E-state index contributed by atoms with van der Waals surface area (Å²) in [5.74, 6) is -0.0553. The molecule has 7 heteroatoms. The number of hydrogen-bond donors (Lipinski definition) is 3. The minimum absolute atomic E-state index is 0.0221. The van der Waals surface area contributed by atoms with Gasteiger partial charge in [-0.15, -0.1) is 0 Å². The molecular formula is C14H21N3O3S. The molecule has 0 aliphatic heterocycles. The molecule has 116 valence electrons. The summed E-state index contributed by atoms with van der Waals surface area (Å²) in [6.07, 6.45) is 3.53. The topological polar surface area (TPSA) is 101 Å². The molecule has 1 amide bonds. The van der Waals surface area contributed by atoms with E-state index in [0.717, 1.165) is 31.1 Å². The predicted octanol–water partition coefficient (Wildman–Crippen LogP) is 1.43. The highest BCUT2D eigenvalue weighted by Gasteiger charge is 2.27. The highest BCUT2D eigenvalue weighted by molar-refractivity contribution is 7.92. The third-order valence-electron chi connectivity index (χ3n) is 3.63. The van der Waals surface area contributed by atoms with Crippen molar-refractivity contribution in [1.29, 1.82) is 0 Å². The maximum atomic E-state index is 12.1. The van der Waals surface area contributed by atoms with Gasteiger partial charge in [-0.2, -0.15) is 0 Å². The van der Waals surface area contributed by atoms with Crippen LogP contribution in [0, 0.1) is 12.8 Å². The van der Waals surface area contributed by atoms with Crippen LogP contribution in [-0.4, -0.2) is 26.6 Å². The lowest BCUT2D eigenvalue weighted by Gasteiger charge is -2.13. The van der Waals surface area contributed by atoms with Crippen molar-refractivity contribution in [2.24, 2.45) is 11.7 Å². The van der Waals surface area contributed by atoms with Crippen molar-refractivity contribution in [3.8, 4) is 0 Å².